The Morgan fingerprint density at radius 2 is 1.64 bits per heavy atom. The second-order valence-electron chi connectivity index (χ2n) is 8.65. The van der Waals surface area contributed by atoms with Crippen LogP contribution in [0, 0.1) is 13.8 Å². The number of aromatic amines is 1. The van der Waals surface area contributed by atoms with Gasteiger partial charge in [0, 0.05) is 33.0 Å². The van der Waals surface area contributed by atoms with Crippen LogP contribution in [0.1, 0.15) is 43.1 Å². The lowest BCUT2D eigenvalue weighted by Gasteiger charge is -2.14. The lowest BCUT2D eigenvalue weighted by molar-refractivity contribution is -0.00461. The molecule has 190 valence electrons. The van der Waals surface area contributed by atoms with Crippen molar-refractivity contribution in [3.05, 3.63) is 73.3 Å². The van der Waals surface area contributed by atoms with Crippen molar-refractivity contribution in [1.82, 2.24) is 20.1 Å². The van der Waals surface area contributed by atoms with Gasteiger partial charge in [-0.15, -0.1) is 11.3 Å². The number of rotatable bonds is 7. The number of aryl methyl sites for hydroxylation is 2. The molecule has 1 fully saturated rings. The molecule has 2 aromatic heterocycles. The minimum Gasteiger partial charge on any atom is -0.377 e. The summed E-state index contributed by atoms with van der Waals surface area (Å²) in [7, 11) is 3.18. The van der Waals surface area contributed by atoms with E-state index in [9.17, 15) is 14.4 Å². The van der Waals surface area contributed by atoms with Gasteiger partial charge in [0.1, 0.15) is 12.2 Å². The van der Waals surface area contributed by atoms with Gasteiger partial charge in [-0.25, -0.2) is 10.1 Å². The zero-order chi connectivity index (χ0) is 26.0. The van der Waals surface area contributed by atoms with Crippen molar-refractivity contribution in [2.45, 2.75) is 33.0 Å². The molecule has 1 aromatic carbocycles. The molecule has 3 aromatic rings. The Bertz CT molecular complexity index is 1340. The highest BCUT2D eigenvalue weighted by Gasteiger charge is 2.36. The zero-order valence-electron chi connectivity index (χ0n) is 20.8. The van der Waals surface area contributed by atoms with Crippen LogP contribution in [0.5, 0.6) is 0 Å². The molecule has 0 bridgehead atoms. The SMILES string of the molecule is COC1CN(C(=O)c2ccc(C(=O)NN=C(C)c3c(C)[nH]n(-c4ccc(C)cc4)c3=O)s2)CC1OC. The van der Waals surface area contributed by atoms with Crippen LogP contribution in [0.25, 0.3) is 5.69 Å². The fraction of sp³-hybridized carbons (Fsp3) is 0.360. The Labute approximate surface area is 212 Å². The molecule has 1 aliphatic rings. The number of hydrazone groups is 1. The second-order valence-corrected chi connectivity index (χ2v) is 9.73. The number of aromatic nitrogens is 2. The number of nitrogens with one attached hydrogen (secondary N) is 2. The van der Waals surface area contributed by atoms with E-state index < -0.39 is 5.91 Å². The maximum absolute atomic E-state index is 13.0. The molecule has 11 heteroatoms. The van der Waals surface area contributed by atoms with Gasteiger partial charge in [0.05, 0.1) is 26.7 Å². The normalized spacial score (nSPS) is 18.0. The van der Waals surface area contributed by atoms with Crippen LogP contribution in [0.15, 0.2) is 46.3 Å². The number of H-pyrrole nitrogens is 1. The number of hydrogen-bond acceptors (Lipinski definition) is 7. The van der Waals surface area contributed by atoms with Crippen LogP contribution in [0.2, 0.25) is 0 Å². The minimum absolute atomic E-state index is 0.181. The number of nitrogens with zero attached hydrogens (tertiary/aromatic N) is 3. The minimum atomic E-state index is -0.462. The average molecular weight is 512 g/mol. The maximum Gasteiger partial charge on any atom is 0.281 e. The summed E-state index contributed by atoms with van der Waals surface area (Å²) in [6.45, 7) is 6.26. The number of benzene rings is 1. The third-order valence-corrected chi connectivity index (χ3v) is 7.27. The first-order valence-electron chi connectivity index (χ1n) is 11.4. The Hall–Kier alpha value is -3.54. The van der Waals surface area contributed by atoms with Gasteiger partial charge in [-0.2, -0.15) is 5.10 Å². The molecule has 2 atom stereocenters. The molecule has 2 N–H and O–H groups in total. The molecule has 4 rings (SSSR count). The largest absolute Gasteiger partial charge is 0.377 e. The Morgan fingerprint density at radius 3 is 2.25 bits per heavy atom. The van der Waals surface area contributed by atoms with Crippen LogP contribution in [-0.2, 0) is 9.47 Å². The maximum atomic E-state index is 13.0. The monoisotopic (exact) mass is 511 g/mol. The molecule has 0 spiro atoms. The van der Waals surface area contributed by atoms with Gasteiger partial charge in [0.2, 0.25) is 0 Å². The average Bonchev–Trinajstić information content (AvgIpc) is 3.59. The molecular formula is C25H29N5O5S. The number of methoxy groups -OCH3 is 2. The standard InChI is InChI=1S/C25H29N5O5S/c1-14-6-8-17(9-7-14)30-25(33)22(16(3)28-30)15(2)26-27-23(31)20-10-11-21(36-20)24(32)29-12-18(34-4)19(13-29)35-5/h6-11,18-19,28H,12-13H2,1-5H3,(H,27,31). The molecule has 1 aliphatic heterocycles. The molecular weight excluding hydrogens is 482 g/mol. The molecule has 10 nitrogen and oxygen atoms in total. The van der Waals surface area contributed by atoms with Gasteiger partial charge < -0.3 is 14.4 Å². The molecule has 0 aliphatic carbocycles. The Balaban J connectivity index is 1.45. The zero-order valence-corrected chi connectivity index (χ0v) is 21.6. The predicted octanol–water partition coefficient (Wildman–Crippen LogP) is 2.48. The van der Waals surface area contributed by atoms with Crippen molar-refractivity contribution in [3.8, 4) is 5.69 Å². The molecule has 36 heavy (non-hydrogen) atoms. The van der Waals surface area contributed by atoms with Gasteiger partial charge in [-0.1, -0.05) is 17.7 Å². The van der Waals surface area contributed by atoms with Crippen LogP contribution >= 0.6 is 11.3 Å². The second kappa shape index (κ2) is 10.6. The summed E-state index contributed by atoms with van der Waals surface area (Å²) in [4.78, 5) is 41.0. The first kappa shape index (κ1) is 25.5. The van der Waals surface area contributed by atoms with E-state index in [0.29, 0.717) is 45.5 Å². The number of hydrogen-bond donors (Lipinski definition) is 2. The molecule has 3 heterocycles. The highest BCUT2D eigenvalue weighted by molar-refractivity contribution is 7.15. The van der Waals surface area contributed by atoms with E-state index in [2.05, 4.69) is 15.6 Å². The van der Waals surface area contributed by atoms with Gasteiger partial charge in [-0.3, -0.25) is 19.5 Å². The number of amides is 2. The Kier molecular flexibility index (Phi) is 7.53. The molecule has 2 unspecified atom stereocenters. The van der Waals surface area contributed by atoms with E-state index in [-0.39, 0.29) is 23.7 Å². The van der Waals surface area contributed by atoms with E-state index >= 15 is 0 Å². The van der Waals surface area contributed by atoms with Gasteiger partial charge >= 0.3 is 0 Å². The number of ether oxygens (including phenoxy) is 2. The van der Waals surface area contributed by atoms with Crippen molar-refractivity contribution < 1.29 is 19.1 Å². The quantitative estimate of drug-likeness (QED) is 0.373. The third-order valence-electron chi connectivity index (χ3n) is 6.20. The fourth-order valence-corrected chi connectivity index (χ4v) is 5.05. The van der Waals surface area contributed by atoms with E-state index in [4.69, 9.17) is 9.47 Å². The van der Waals surface area contributed by atoms with E-state index in [1.54, 1.807) is 45.1 Å². The van der Waals surface area contributed by atoms with Gasteiger partial charge in [-0.05, 0) is 45.0 Å². The number of carbonyl (C=O) groups excluding carboxylic acids is 2. The molecule has 1 saturated heterocycles. The highest BCUT2D eigenvalue weighted by atomic mass is 32.1. The highest BCUT2D eigenvalue weighted by Crippen LogP contribution is 2.23. The number of carbonyl (C=O) groups is 2. The van der Waals surface area contributed by atoms with E-state index in [1.165, 1.54) is 4.68 Å². The van der Waals surface area contributed by atoms with Crippen LogP contribution in [-0.4, -0.2) is 71.7 Å². The van der Waals surface area contributed by atoms with Crippen LogP contribution in [0.3, 0.4) is 0 Å². The van der Waals surface area contributed by atoms with Crippen molar-refractivity contribution in [3.63, 3.8) is 0 Å². The summed E-state index contributed by atoms with van der Waals surface area (Å²) >= 11 is 1.08. The third kappa shape index (κ3) is 5.03. The Morgan fingerprint density at radius 1 is 1.03 bits per heavy atom. The first-order chi connectivity index (χ1) is 17.2. The summed E-state index contributed by atoms with van der Waals surface area (Å²) in [6, 6.07) is 10.8. The van der Waals surface area contributed by atoms with Crippen molar-refractivity contribution >= 4 is 28.9 Å². The topological polar surface area (TPSA) is 118 Å². The molecule has 0 radical (unpaired) electrons. The molecule has 2 amide bonds. The smallest absolute Gasteiger partial charge is 0.281 e. The summed E-state index contributed by atoms with van der Waals surface area (Å²) < 4.78 is 12.2. The number of likely N-dealkylation sites (tertiary alicyclic amines) is 1. The van der Waals surface area contributed by atoms with E-state index in [0.717, 1.165) is 16.9 Å². The van der Waals surface area contributed by atoms with E-state index in [1.807, 2.05) is 31.2 Å². The van der Waals surface area contributed by atoms with Crippen molar-refractivity contribution in [2.24, 2.45) is 5.10 Å². The summed E-state index contributed by atoms with van der Waals surface area (Å²) in [5, 5.41) is 7.21. The van der Waals surface area contributed by atoms with Gasteiger partial charge in [0.25, 0.3) is 17.4 Å². The predicted molar refractivity (Wildman–Crippen MR) is 137 cm³/mol. The van der Waals surface area contributed by atoms with Crippen LogP contribution in [0.4, 0.5) is 0 Å². The summed E-state index contributed by atoms with van der Waals surface area (Å²) in [6.07, 6.45) is -0.377. The first-order valence-corrected chi connectivity index (χ1v) is 12.2. The molecule has 0 saturated carbocycles. The summed E-state index contributed by atoms with van der Waals surface area (Å²) in [5.41, 5.74) is 5.42. The van der Waals surface area contributed by atoms with Crippen molar-refractivity contribution in [1.29, 1.82) is 0 Å². The lowest BCUT2D eigenvalue weighted by atomic mass is 10.2. The van der Waals surface area contributed by atoms with Crippen molar-refractivity contribution in [2.75, 3.05) is 27.3 Å². The fourth-order valence-electron chi connectivity index (χ4n) is 4.19. The number of thiophene rings is 1. The summed E-state index contributed by atoms with van der Waals surface area (Å²) in [5.74, 6) is -0.642. The lowest BCUT2D eigenvalue weighted by Crippen LogP contribution is -2.29. The van der Waals surface area contributed by atoms with Crippen LogP contribution < -0.4 is 11.0 Å². The van der Waals surface area contributed by atoms with Gasteiger partial charge in [0.15, 0.2) is 0 Å².